The molecule has 4 N–H and O–H groups in total. The van der Waals surface area contributed by atoms with Gasteiger partial charge in [-0.15, -0.1) is 0 Å². The highest BCUT2D eigenvalue weighted by molar-refractivity contribution is 5.90. The first-order chi connectivity index (χ1) is 21.6. The number of piperidine rings is 1. The van der Waals surface area contributed by atoms with Crippen LogP contribution in [0.2, 0.25) is 0 Å². The SMILES string of the molecule is CC(C)(C)C(CNc1ncnc(N2CCC(c3ccc4c(n3)NCCC4)CC2)c1C=O)(NC(=O)OCc1ccccc1)C(=O)O. The maximum Gasteiger partial charge on any atom is 0.408 e. The van der Waals surface area contributed by atoms with E-state index in [9.17, 15) is 19.5 Å². The third-order valence-electron chi connectivity index (χ3n) is 8.80. The molecule has 0 aliphatic carbocycles. The highest BCUT2D eigenvalue weighted by atomic mass is 16.5. The molecule has 2 aliphatic rings. The number of amides is 1. The number of fused-ring (bicyclic) bond motifs is 1. The molecule has 3 aromatic rings. The number of alkyl carbamates (subject to hydrolysis) is 1. The number of aromatic nitrogens is 3. The Morgan fingerprint density at radius 1 is 1.11 bits per heavy atom. The molecule has 0 radical (unpaired) electrons. The van der Waals surface area contributed by atoms with E-state index in [0.717, 1.165) is 49.3 Å². The molecule has 5 rings (SSSR count). The van der Waals surface area contributed by atoms with E-state index in [1.807, 2.05) is 30.3 Å². The fourth-order valence-corrected chi connectivity index (χ4v) is 5.94. The topological polar surface area (TPSA) is 159 Å². The highest BCUT2D eigenvalue weighted by Crippen LogP contribution is 2.35. The van der Waals surface area contributed by atoms with E-state index in [2.05, 4.69) is 43.0 Å². The second-order valence-electron chi connectivity index (χ2n) is 12.6. The van der Waals surface area contributed by atoms with E-state index in [4.69, 9.17) is 9.72 Å². The van der Waals surface area contributed by atoms with Crippen LogP contribution in [0.15, 0.2) is 48.8 Å². The summed E-state index contributed by atoms with van der Waals surface area (Å²) in [6.45, 7) is 7.15. The second kappa shape index (κ2) is 13.5. The van der Waals surface area contributed by atoms with Gasteiger partial charge in [0.2, 0.25) is 0 Å². The van der Waals surface area contributed by atoms with Crippen LogP contribution in [0, 0.1) is 5.41 Å². The molecule has 1 atom stereocenters. The molecule has 1 unspecified atom stereocenters. The Morgan fingerprint density at radius 2 is 1.87 bits per heavy atom. The fourth-order valence-electron chi connectivity index (χ4n) is 5.94. The number of nitrogens with one attached hydrogen (secondary N) is 3. The van der Waals surface area contributed by atoms with Crippen LogP contribution in [0.5, 0.6) is 0 Å². The third kappa shape index (κ3) is 7.00. The molecule has 1 saturated heterocycles. The number of anilines is 3. The Morgan fingerprint density at radius 3 is 2.56 bits per heavy atom. The van der Waals surface area contributed by atoms with E-state index in [1.54, 1.807) is 20.8 Å². The number of benzene rings is 1. The van der Waals surface area contributed by atoms with Crippen LogP contribution in [0.4, 0.5) is 22.2 Å². The van der Waals surface area contributed by atoms with Crippen molar-refractivity contribution in [1.82, 2.24) is 20.3 Å². The number of aldehydes is 1. The van der Waals surface area contributed by atoms with Crippen LogP contribution >= 0.6 is 0 Å². The fraction of sp³-hybridized carbons (Fsp3) is 0.455. The van der Waals surface area contributed by atoms with E-state index >= 15 is 0 Å². The summed E-state index contributed by atoms with van der Waals surface area (Å²) in [5.74, 6) is 0.698. The second-order valence-corrected chi connectivity index (χ2v) is 12.6. The lowest BCUT2D eigenvalue weighted by Gasteiger charge is -2.41. The van der Waals surface area contributed by atoms with Crippen LogP contribution in [0.25, 0.3) is 0 Å². The first-order valence-corrected chi connectivity index (χ1v) is 15.4. The zero-order chi connectivity index (χ0) is 32.0. The number of nitrogens with zero attached hydrogens (tertiary/aromatic N) is 4. The van der Waals surface area contributed by atoms with Crippen LogP contribution < -0.4 is 20.9 Å². The maximum absolute atomic E-state index is 12.9. The average molecular weight is 616 g/mol. The summed E-state index contributed by atoms with van der Waals surface area (Å²) in [7, 11) is 0. The number of pyridine rings is 1. The van der Waals surface area contributed by atoms with Crippen molar-refractivity contribution >= 4 is 35.8 Å². The third-order valence-corrected chi connectivity index (χ3v) is 8.80. The number of carboxylic acids is 1. The zero-order valence-electron chi connectivity index (χ0n) is 26.0. The Labute approximate surface area is 263 Å². The van der Waals surface area contributed by atoms with Gasteiger partial charge in [0.1, 0.15) is 30.4 Å². The van der Waals surface area contributed by atoms with Crippen LogP contribution in [-0.2, 0) is 22.6 Å². The van der Waals surface area contributed by atoms with E-state index in [-0.39, 0.29) is 24.5 Å². The van der Waals surface area contributed by atoms with Crippen molar-refractivity contribution in [2.75, 3.05) is 41.7 Å². The Kier molecular flexibility index (Phi) is 9.50. The van der Waals surface area contributed by atoms with Crippen molar-refractivity contribution in [2.45, 2.75) is 64.5 Å². The smallest absolute Gasteiger partial charge is 0.408 e. The number of ether oxygens (including phenoxy) is 1. The van der Waals surface area contributed by atoms with Gasteiger partial charge >= 0.3 is 12.1 Å². The van der Waals surface area contributed by atoms with Gasteiger partial charge in [0, 0.05) is 31.2 Å². The molecular weight excluding hydrogens is 574 g/mol. The maximum atomic E-state index is 12.9. The van der Waals surface area contributed by atoms with Gasteiger partial charge in [0.25, 0.3) is 0 Å². The minimum atomic E-state index is -1.80. The average Bonchev–Trinajstić information content (AvgIpc) is 3.05. The number of aryl methyl sites for hydroxylation is 1. The lowest BCUT2D eigenvalue weighted by molar-refractivity contribution is -0.148. The lowest BCUT2D eigenvalue weighted by Crippen LogP contribution is -2.66. The Balaban J connectivity index is 1.28. The molecule has 2 aliphatic heterocycles. The summed E-state index contributed by atoms with van der Waals surface area (Å²) in [4.78, 5) is 53.7. The molecule has 0 saturated carbocycles. The van der Waals surface area contributed by atoms with Gasteiger partial charge in [-0.05, 0) is 48.3 Å². The summed E-state index contributed by atoms with van der Waals surface area (Å²) >= 11 is 0. The van der Waals surface area contributed by atoms with Gasteiger partial charge in [0.15, 0.2) is 11.8 Å². The van der Waals surface area contributed by atoms with E-state index in [1.165, 1.54) is 11.9 Å². The van der Waals surface area contributed by atoms with Gasteiger partial charge in [-0.3, -0.25) is 4.79 Å². The van der Waals surface area contributed by atoms with Crippen molar-refractivity contribution in [3.05, 3.63) is 71.2 Å². The minimum absolute atomic E-state index is 0.0133. The van der Waals surface area contributed by atoms with Gasteiger partial charge in [-0.2, -0.15) is 0 Å². The highest BCUT2D eigenvalue weighted by Gasteiger charge is 2.51. The van der Waals surface area contributed by atoms with Crippen molar-refractivity contribution in [1.29, 1.82) is 0 Å². The van der Waals surface area contributed by atoms with Crippen molar-refractivity contribution in [3.8, 4) is 0 Å². The molecule has 0 bridgehead atoms. The summed E-state index contributed by atoms with van der Waals surface area (Å²) in [5, 5.41) is 19.4. The Hall–Kier alpha value is -4.74. The molecule has 0 spiro atoms. The first kappa shape index (κ1) is 31.7. The van der Waals surface area contributed by atoms with Crippen molar-refractivity contribution in [3.63, 3.8) is 0 Å². The van der Waals surface area contributed by atoms with Gasteiger partial charge < -0.3 is 30.7 Å². The summed E-state index contributed by atoms with van der Waals surface area (Å²) < 4.78 is 5.35. The van der Waals surface area contributed by atoms with Gasteiger partial charge in [-0.1, -0.05) is 57.2 Å². The summed E-state index contributed by atoms with van der Waals surface area (Å²) in [6.07, 6.45) is 5.02. The number of hydrogen-bond donors (Lipinski definition) is 4. The largest absolute Gasteiger partial charge is 0.479 e. The molecule has 2 aromatic heterocycles. The molecule has 45 heavy (non-hydrogen) atoms. The summed E-state index contributed by atoms with van der Waals surface area (Å²) in [5.41, 5.74) is 0.568. The predicted molar refractivity (Wildman–Crippen MR) is 171 cm³/mol. The molecule has 1 amide bonds. The van der Waals surface area contributed by atoms with Crippen molar-refractivity contribution in [2.24, 2.45) is 5.41 Å². The number of carbonyl (C=O) groups excluding carboxylic acids is 2. The molecule has 12 heteroatoms. The number of carboxylic acid groups (broad SMARTS) is 1. The van der Waals surface area contributed by atoms with E-state index < -0.39 is 23.0 Å². The molecule has 12 nitrogen and oxygen atoms in total. The quantitative estimate of drug-likeness (QED) is 0.236. The van der Waals surface area contributed by atoms with Crippen LogP contribution in [0.1, 0.15) is 73.1 Å². The Bertz CT molecular complexity index is 1520. The number of aliphatic carboxylic acids is 1. The molecule has 1 aromatic carbocycles. The molecule has 238 valence electrons. The van der Waals surface area contributed by atoms with Gasteiger partial charge in [0.05, 0.1) is 12.1 Å². The van der Waals surface area contributed by atoms with Crippen molar-refractivity contribution < 1.29 is 24.2 Å². The minimum Gasteiger partial charge on any atom is -0.479 e. The number of rotatable bonds is 10. The standard InChI is InChI=1S/C33H41N7O5/c1-32(2,3)33(30(42)43,39-31(44)45-19-22-8-5-4-6-9-22)20-35-28-25(18-41)29(37-21-36-28)40-16-13-23(14-17-40)26-12-11-24-10-7-15-34-27(24)38-26/h4-6,8-9,11-12,18,21,23H,7,10,13-17,19-20H2,1-3H3,(H,34,38)(H,39,44)(H,42,43)(H,35,36,37). The molecule has 1 fully saturated rings. The van der Waals surface area contributed by atoms with Gasteiger partial charge in [-0.25, -0.2) is 24.5 Å². The number of carbonyl (C=O) groups is 3. The van der Waals surface area contributed by atoms with Crippen LogP contribution in [0.3, 0.4) is 0 Å². The van der Waals surface area contributed by atoms with E-state index in [0.29, 0.717) is 31.1 Å². The summed E-state index contributed by atoms with van der Waals surface area (Å²) in [6, 6.07) is 13.4. The molecule has 4 heterocycles. The van der Waals surface area contributed by atoms with Crippen LogP contribution in [-0.4, -0.2) is 70.1 Å². The molecular formula is C33H41N7O5. The predicted octanol–water partition coefficient (Wildman–Crippen LogP) is 4.63. The normalized spacial score (nSPS) is 16.5. The monoisotopic (exact) mass is 615 g/mol. The first-order valence-electron chi connectivity index (χ1n) is 15.4. The zero-order valence-corrected chi connectivity index (χ0v) is 26.0. The lowest BCUT2D eigenvalue weighted by atomic mass is 9.73. The number of hydrogen-bond acceptors (Lipinski definition) is 10.